The van der Waals surface area contributed by atoms with Crippen LogP contribution in [0.3, 0.4) is 0 Å². The van der Waals surface area contributed by atoms with E-state index in [9.17, 15) is 14.4 Å². The third-order valence-electron chi connectivity index (χ3n) is 4.95. The number of ketones is 1. The highest BCUT2D eigenvalue weighted by molar-refractivity contribution is 7.10. The molecule has 1 aromatic heterocycles. The van der Waals surface area contributed by atoms with E-state index in [2.05, 4.69) is 29.8 Å². The monoisotopic (exact) mass is 345 g/mol. The molecule has 1 aromatic rings. The molecule has 7 heteroatoms. The summed E-state index contributed by atoms with van der Waals surface area (Å²) >= 11 is 1.54. The molecule has 0 saturated carbocycles. The van der Waals surface area contributed by atoms with Crippen LogP contribution in [-0.2, 0) is 9.59 Å². The van der Waals surface area contributed by atoms with Crippen molar-refractivity contribution in [3.63, 3.8) is 0 Å². The molecule has 2 aliphatic heterocycles. The van der Waals surface area contributed by atoms with Gasteiger partial charge < -0.3 is 10.6 Å². The van der Waals surface area contributed by atoms with Crippen LogP contribution in [0.5, 0.6) is 0 Å². The van der Waals surface area contributed by atoms with Gasteiger partial charge in [0, 0.05) is 28.5 Å². The average molecular weight is 345 g/mol. The number of nitrogens with one attached hydrogen (secondary N) is 3. The molecule has 1 saturated heterocycles. The van der Waals surface area contributed by atoms with Crippen molar-refractivity contribution in [1.29, 1.82) is 0 Å². The predicted octanol–water partition coefficient (Wildman–Crippen LogP) is 1.86. The van der Waals surface area contributed by atoms with Crippen LogP contribution in [0.4, 0.5) is 4.79 Å². The summed E-state index contributed by atoms with van der Waals surface area (Å²) in [6, 6.07) is 3.39. The standard InChI is InChI=1S/C17H19N3O3S/c1-17(2)6-8-11(9(21)7-17)12(10-4-3-5-24-10)13-14(18-8)19-16(23)20-15(13)22/h3-5,12-14,18H,6-7H2,1-2H3,(H2,19,20,22,23). The van der Waals surface area contributed by atoms with Crippen molar-refractivity contribution in [3.8, 4) is 0 Å². The van der Waals surface area contributed by atoms with Crippen LogP contribution in [0, 0.1) is 11.3 Å². The first-order chi connectivity index (χ1) is 11.4. The Balaban J connectivity index is 1.86. The number of hydrogen-bond donors (Lipinski definition) is 3. The molecular weight excluding hydrogens is 326 g/mol. The number of carbonyl (C=O) groups is 3. The third-order valence-corrected chi connectivity index (χ3v) is 5.91. The largest absolute Gasteiger partial charge is 0.368 e. The summed E-state index contributed by atoms with van der Waals surface area (Å²) in [4.78, 5) is 38.1. The van der Waals surface area contributed by atoms with Gasteiger partial charge in [0.05, 0.1) is 5.92 Å². The van der Waals surface area contributed by atoms with E-state index in [1.807, 2.05) is 17.5 Å². The van der Waals surface area contributed by atoms with Crippen molar-refractivity contribution in [2.45, 2.75) is 38.8 Å². The first-order valence-corrected chi connectivity index (χ1v) is 8.91. The third kappa shape index (κ3) is 2.34. The maximum absolute atomic E-state index is 12.9. The van der Waals surface area contributed by atoms with Crippen LogP contribution < -0.4 is 16.0 Å². The normalized spacial score (nSPS) is 31.6. The molecule has 3 amide bonds. The second kappa shape index (κ2) is 5.17. The Morgan fingerprint density at radius 2 is 1.96 bits per heavy atom. The number of urea groups is 1. The van der Waals surface area contributed by atoms with Crippen molar-refractivity contribution in [2.24, 2.45) is 11.3 Å². The minimum atomic E-state index is -0.523. The smallest absolute Gasteiger partial charge is 0.323 e. The Kier molecular flexibility index (Phi) is 3.32. The number of thiophene rings is 1. The number of Topliss-reactive ketones (excluding diaryl/α,β-unsaturated/α-hetero) is 1. The molecule has 6 nitrogen and oxygen atoms in total. The maximum atomic E-state index is 12.9. The molecule has 1 aliphatic carbocycles. The first kappa shape index (κ1) is 15.4. The number of carbonyl (C=O) groups excluding carboxylic acids is 3. The fraction of sp³-hybridized carbons (Fsp3) is 0.471. The van der Waals surface area contributed by atoms with E-state index in [0.29, 0.717) is 12.0 Å². The van der Waals surface area contributed by atoms with Gasteiger partial charge in [-0.3, -0.25) is 14.9 Å². The second-order valence-electron chi connectivity index (χ2n) is 7.44. The zero-order valence-electron chi connectivity index (χ0n) is 13.5. The summed E-state index contributed by atoms with van der Waals surface area (Å²) in [5.74, 6) is -1.07. The minimum Gasteiger partial charge on any atom is -0.368 e. The number of fused-ring (bicyclic) bond motifs is 1. The SMILES string of the molecule is CC1(C)CC(=O)C2=C(C1)NC1NC(=O)NC(=O)C1C2c1cccs1. The van der Waals surface area contributed by atoms with Crippen molar-refractivity contribution < 1.29 is 14.4 Å². The fourth-order valence-electron chi connectivity index (χ4n) is 4.06. The summed E-state index contributed by atoms with van der Waals surface area (Å²) in [6.45, 7) is 4.13. The van der Waals surface area contributed by atoms with Gasteiger partial charge in [-0.2, -0.15) is 0 Å². The summed E-state index contributed by atoms with van der Waals surface area (Å²) in [5, 5.41) is 10.3. The molecule has 4 rings (SSSR count). The Bertz CT molecular complexity index is 766. The molecule has 0 bridgehead atoms. The lowest BCUT2D eigenvalue weighted by Gasteiger charge is -2.46. The van der Waals surface area contributed by atoms with Crippen LogP contribution in [0.2, 0.25) is 0 Å². The van der Waals surface area contributed by atoms with E-state index in [0.717, 1.165) is 17.0 Å². The highest BCUT2D eigenvalue weighted by Crippen LogP contribution is 2.48. The number of hydrogen-bond acceptors (Lipinski definition) is 5. The van der Waals surface area contributed by atoms with E-state index < -0.39 is 18.1 Å². The first-order valence-electron chi connectivity index (χ1n) is 8.03. The Labute approximate surface area is 143 Å². The Hall–Kier alpha value is -2.15. The summed E-state index contributed by atoms with van der Waals surface area (Å²) in [5.41, 5.74) is 1.45. The molecule has 3 atom stereocenters. The van der Waals surface area contributed by atoms with Gasteiger partial charge in [-0.05, 0) is 23.3 Å². The van der Waals surface area contributed by atoms with Crippen LogP contribution in [0.1, 0.15) is 37.5 Å². The molecule has 24 heavy (non-hydrogen) atoms. The zero-order valence-corrected chi connectivity index (χ0v) is 14.3. The molecule has 126 valence electrons. The van der Waals surface area contributed by atoms with Gasteiger partial charge in [0.1, 0.15) is 6.17 Å². The minimum absolute atomic E-state index is 0.0929. The van der Waals surface area contributed by atoms with Gasteiger partial charge in [0.25, 0.3) is 0 Å². The predicted molar refractivity (Wildman–Crippen MR) is 89.2 cm³/mol. The summed E-state index contributed by atoms with van der Waals surface area (Å²) in [7, 11) is 0. The fourth-order valence-corrected chi connectivity index (χ4v) is 4.94. The van der Waals surface area contributed by atoms with Gasteiger partial charge in [0.2, 0.25) is 5.91 Å². The molecule has 3 N–H and O–H groups in total. The van der Waals surface area contributed by atoms with E-state index in [1.165, 1.54) is 11.3 Å². The molecule has 0 spiro atoms. The summed E-state index contributed by atoms with van der Waals surface area (Å²) in [6.07, 6.45) is 0.719. The lowest BCUT2D eigenvalue weighted by Crippen LogP contribution is -2.66. The lowest BCUT2D eigenvalue weighted by atomic mass is 9.67. The molecule has 1 fully saturated rings. The van der Waals surface area contributed by atoms with E-state index >= 15 is 0 Å². The van der Waals surface area contributed by atoms with Crippen LogP contribution >= 0.6 is 11.3 Å². The van der Waals surface area contributed by atoms with Gasteiger partial charge in [-0.15, -0.1) is 11.3 Å². The highest BCUT2D eigenvalue weighted by atomic mass is 32.1. The van der Waals surface area contributed by atoms with Gasteiger partial charge >= 0.3 is 6.03 Å². The van der Waals surface area contributed by atoms with Crippen molar-refractivity contribution in [1.82, 2.24) is 16.0 Å². The zero-order chi connectivity index (χ0) is 17.1. The Morgan fingerprint density at radius 3 is 2.67 bits per heavy atom. The van der Waals surface area contributed by atoms with Crippen LogP contribution in [0.15, 0.2) is 28.8 Å². The van der Waals surface area contributed by atoms with Gasteiger partial charge in [-0.1, -0.05) is 19.9 Å². The number of allylic oxidation sites excluding steroid dienone is 2. The van der Waals surface area contributed by atoms with Crippen molar-refractivity contribution in [3.05, 3.63) is 33.7 Å². The molecule has 3 aliphatic rings. The quantitative estimate of drug-likeness (QED) is 0.725. The second-order valence-corrected chi connectivity index (χ2v) is 8.42. The maximum Gasteiger partial charge on any atom is 0.323 e. The van der Waals surface area contributed by atoms with Crippen LogP contribution in [-0.4, -0.2) is 23.9 Å². The van der Waals surface area contributed by atoms with E-state index in [-0.39, 0.29) is 23.0 Å². The Morgan fingerprint density at radius 1 is 1.17 bits per heavy atom. The average Bonchev–Trinajstić information content (AvgIpc) is 2.96. The topological polar surface area (TPSA) is 87.3 Å². The molecular formula is C17H19N3O3S. The van der Waals surface area contributed by atoms with Gasteiger partial charge in [-0.25, -0.2) is 4.79 Å². The highest BCUT2D eigenvalue weighted by Gasteiger charge is 2.51. The van der Waals surface area contributed by atoms with E-state index in [1.54, 1.807) is 0 Å². The number of imide groups is 1. The molecule has 3 unspecified atom stereocenters. The van der Waals surface area contributed by atoms with Crippen molar-refractivity contribution >= 4 is 29.1 Å². The lowest BCUT2D eigenvalue weighted by molar-refractivity contribution is -0.127. The summed E-state index contributed by atoms with van der Waals surface area (Å²) < 4.78 is 0. The number of rotatable bonds is 1. The van der Waals surface area contributed by atoms with Crippen molar-refractivity contribution in [2.75, 3.05) is 0 Å². The van der Waals surface area contributed by atoms with E-state index in [4.69, 9.17) is 0 Å². The number of amides is 3. The molecule has 3 heterocycles. The van der Waals surface area contributed by atoms with Gasteiger partial charge in [0.15, 0.2) is 5.78 Å². The molecule has 0 aromatic carbocycles. The molecule has 0 radical (unpaired) electrons. The van der Waals surface area contributed by atoms with Crippen LogP contribution in [0.25, 0.3) is 0 Å².